The van der Waals surface area contributed by atoms with Gasteiger partial charge in [0.25, 0.3) is 11.8 Å². The Hall–Kier alpha value is -9.99. The molecule has 28 heteroatoms. The van der Waals surface area contributed by atoms with Crippen molar-refractivity contribution in [2.75, 3.05) is 22.7 Å². The number of ether oxygens (including phenoxy) is 5. The third kappa shape index (κ3) is 14.4. The first kappa shape index (κ1) is 59.6. The summed E-state index contributed by atoms with van der Waals surface area (Å²) in [5.74, 6) is -10.7. The summed E-state index contributed by atoms with van der Waals surface area (Å²) in [6, 6.07) is 35.6. The van der Waals surface area contributed by atoms with Crippen LogP contribution >= 0.6 is 35.1 Å². The quantitative estimate of drug-likeness (QED) is 0.0106. The zero-order valence-electron chi connectivity index (χ0n) is 44.8. The van der Waals surface area contributed by atoms with E-state index >= 15 is 0 Å². The molecule has 1 saturated heterocycles. The maximum Gasteiger partial charge on any atom is 0.366 e. The van der Waals surface area contributed by atoms with E-state index < -0.39 is 117 Å². The number of tetrazole rings is 1. The Kier molecular flexibility index (Phi) is 19.2. The number of rotatable bonds is 22. The summed E-state index contributed by atoms with van der Waals surface area (Å²) in [5, 5.41) is 19.6. The summed E-state index contributed by atoms with van der Waals surface area (Å²) in [6.07, 6.45) is -0.207. The van der Waals surface area contributed by atoms with Gasteiger partial charge in [-0.05, 0) is 38.3 Å². The summed E-state index contributed by atoms with van der Waals surface area (Å²) in [5.41, 5.74) is 1.68. The lowest BCUT2D eigenvalue weighted by Gasteiger charge is -2.49. The van der Waals surface area contributed by atoms with Gasteiger partial charge in [-0.15, -0.1) is 28.5 Å². The number of halogens is 1. The molecule has 7 aromatic rings. The standard InChI is InChI=1S/C57H46ClN9O16S2/c1-31(68)78-41-24-39(45(40-28-77-56(60-40)62-42(71)25-58)51(80-33(3)70)50(41)79-32(2)69)54(75)83-59-26-43(72)61-46-52(74)67-47(55(76)82-49(36-20-12-6-13-21-36)37-22-14-7-15-23-37)38(29-84-53(46)67)30-85-57-63-64-65-66(57)27-44(73)81-48(34-16-8-4-9-17-34)35-18-10-5-11-19-35/h4-24,26,28,46,48-49,53H,25,27,29-30H2,1-3H3,(H,61,72)(H,60,62,71)/t46-,53+/m1/s1. The number of anilines is 1. The van der Waals surface area contributed by atoms with E-state index in [9.17, 15) is 43.2 Å². The number of nitrogens with zero attached hydrogens (tertiary/aromatic N) is 7. The lowest BCUT2D eigenvalue weighted by atomic mass is 10.0. The van der Waals surface area contributed by atoms with Crippen molar-refractivity contribution in [3.63, 3.8) is 0 Å². The zero-order chi connectivity index (χ0) is 60.1. The number of hydrogen-bond donors (Lipinski definition) is 2. The minimum atomic E-state index is -1.41. The number of thioether (sulfide) groups is 2. The van der Waals surface area contributed by atoms with Crippen LogP contribution in [0.15, 0.2) is 160 Å². The van der Waals surface area contributed by atoms with Crippen molar-refractivity contribution in [3.05, 3.63) is 173 Å². The first-order chi connectivity index (χ1) is 41.1. The van der Waals surface area contributed by atoms with Crippen LogP contribution in [0.2, 0.25) is 0 Å². The minimum absolute atomic E-state index is 0.0255. The highest BCUT2D eigenvalue weighted by atomic mass is 35.5. The summed E-state index contributed by atoms with van der Waals surface area (Å²) in [4.78, 5) is 130. The van der Waals surface area contributed by atoms with E-state index in [2.05, 4.69) is 36.3 Å². The summed E-state index contributed by atoms with van der Waals surface area (Å²) in [7, 11) is 0. The number of alkyl halides is 1. The molecule has 0 radical (unpaired) electrons. The van der Waals surface area contributed by atoms with Crippen molar-refractivity contribution < 1.29 is 76.1 Å². The maximum absolute atomic E-state index is 14.8. The molecule has 3 amide bonds. The molecule has 9 rings (SSSR count). The molecule has 2 aromatic heterocycles. The van der Waals surface area contributed by atoms with Crippen LogP contribution < -0.4 is 24.8 Å². The van der Waals surface area contributed by atoms with Gasteiger partial charge in [-0.2, -0.15) is 4.98 Å². The molecule has 0 unspecified atom stereocenters. The number of carbonyl (C=O) groups is 9. The van der Waals surface area contributed by atoms with E-state index in [1.54, 1.807) is 48.5 Å². The molecule has 2 atom stereocenters. The van der Waals surface area contributed by atoms with Crippen LogP contribution in [0.3, 0.4) is 0 Å². The van der Waals surface area contributed by atoms with Gasteiger partial charge in [-0.1, -0.05) is 138 Å². The maximum atomic E-state index is 14.8. The van der Waals surface area contributed by atoms with E-state index in [1.807, 2.05) is 72.8 Å². The lowest BCUT2D eigenvalue weighted by Crippen LogP contribution is -2.70. The first-order valence-electron chi connectivity index (χ1n) is 25.4. The average Bonchev–Trinajstić information content (AvgIpc) is 1.34. The first-order valence-corrected chi connectivity index (χ1v) is 27.9. The van der Waals surface area contributed by atoms with E-state index in [4.69, 9.17) is 44.5 Å². The highest BCUT2D eigenvalue weighted by Gasteiger charge is 2.54. The van der Waals surface area contributed by atoms with E-state index in [1.165, 1.54) is 21.3 Å². The molecule has 2 aliphatic rings. The fourth-order valence-corrected chi connectivity index (χ4v) is 11.1. The molecular weight excluding hydrogens is 1170 g/mol. The highest BCUT2D eigenvalue weighted by molar-refractivity contribution is 8.01. The number of fused-ring (bicyclic) bond motifs is 1. The number of esters is 5. The van der Waals surface area contributed by atoms with Crippen molar-refractivity contribution in [2.24, 2.45) is 5.16 Å². The Balaban J connectivity index is 0.953. The number of hydrogen-bond acceptors (Lipinski definition) is 23. The van der Waals surface area contributed by atoms with E-state index in [-0.39, 0.29) is 34.6 Å². The molecule has 4 heterocycles. The molecule has 2 aliphatic heterocycles. The molecule has 5 aromatic carbocycles. The molecule has 0 aliphatic carbocycles. The third-order valence-corrected chi connectivity index (χ3v) is 14.8. The molecule has 85 heavy (non-hydrogen) atoms. The van der Waals surface area contributed by atoms with Crippen molar-refractivity contribution in [1.82, 2.24) is 35.4 Å². The van der Waals surface area contributed by atoms with Gasteiger partial charge in [0.05, 0.1) is 11.1 Å². The second kappa shape index (κ2) is 27.4. The van der Waals surface area contributed by atoms with Gasteiger partial charge in [0, 0.05) is 38.3 Å². The molecule has 0 saturated carbocycles. The number of nitrogens with one attached hydrogen (secondary N) is 2. The molecule has 0 spiro atoms. The topological polar surface area (TPSA) is 318 Å². The lowest BCUT2D eigenvalue weighted by molar-refractivity contribution is -0.154. The van der Waals surface area contributed by atoms with Crippen LogP contribution in [0.4, 0.5) is 6.01 Å². The molecule has 434 valence electrons. The number of β-lactam (4-membered cyclic amide) rings is 1. The zero-order valence-corrected chi connectivity index (χ0v) is 47.2. The van der Waals surface area contributed by atoms with Gasteiger partial charge < -0.3 is 38.3 Å². The Morgan fingerprint density at radius 1 is 0.776 bits per heavy atom. The number of carbonyl (C=O) groups excluding carboxylic acids is 9. The molecular formula is C57H46ClN9O16S2. The number of aromatic nitrogens is 5. The van der Waals surface area contributed by atoms with Crippen LogP contribution in [0.1, 0.15) is 65.6 Å². The van der Waals surface area contributed by atoms with Crippen molar-refractivity contribution in [3.8, 4) is 28.5 Å². The van der Waals surface area contributed by atoms with Gasteiger partial charge in [-0.3, -0.25) is 43.8 Å². The summed E-state index contributed by atoms with van der Waals surface area (Å²) in [6.45, 7) is 2.56. The van der Waals surface area contributed by atoms with Gasteiger partial charge in [-0.25, -0.2) is 14.3 Å². The smallest absolute Gasteiger partial charge is 0.366 e. The van der Waals surface area contributed by atoms with Crippen LogP contribution in [0.25, 0.3) is 11.3 Å². The normalized spacial score (nSPS) is 14.5. The number of oxazole rings is 1. The predicted octanol–water partition coefficient (Wildman–Crippen LogP) is 6.54. The van der Waals surface area contributed by atoms with Crippen molar-refractivity contribution in [2.45, 2.75) is 56.1 Å². The fraction of sp³-hybridized carbons (Fsp3) is 0.193. The van der Waals surface area contributed by atoms with E-state index in [0.717, 1.165) is 56.0 Å². The number of benzene rings is 5. The summed E-state index contributed by atoms with van der Waals surface area (Å²) < 4.78 is 34.8. The summed E-state index contributed by atoms with van der Waals surface area (Å²) >= 11 is 7.91. The number of amides is 3. The third-order valence-electron chi connectivity index (χ3n) is 12.2. The predicted molar refractivity (Wildman–Crippen MR) is 301 cm³/mol. The fourth-order valence-electron chi connectivity index (χ4n) is 8.66. The van der Waals surface area contributed by atoms with Gasteiger partial charge >= 0.3 is 41.8 Å². The van der Waals surface area contributed by atoms with Gasteiger partial charge in [0.15, 0.2) is 23.7 Å². The molecule has 25 nitrogen and oxygen atoms in total. The molecule has 1 fully saturated rings. The Morgan fingerprint density at radius 2 is 1.34 bits per heavy atom. The monoisotopic (exact) mass is 1210 g/mol. The van der Waals surface area contributed by atoms with Crippen LogP contribution in [0, 0.1) is 0 Å². The Morgan fingerprint density at radius 3 is 1.91 bits per heavy atom. The molecule has 0 bridgehead atoms. The second-order valence-electron chi connectivity index (χ2n) is 18.1. The van der Waals surface area contributed by atoms with Crippen LogP contribution in [-0.2, 0) is 59.2 Å². The van der Waals surface area contributed by atoms with Crippen LogP contribution in [0.5, 0.6) is 17.2 Å². The molecule has 2 N–H and O–H groups in total. The Labute approximate surface area is 495 Å². The highest BCUT2D eigenvalue weighted by Crippen LogP contribution is 2.48. The van der Waals surface area contributed by atoms with Crippen molar-refractivity contribution in [1.29, 1.82) is 0 Å². The van der Waals surface area contributed by atoms with E-state index in [0.29, 0.717) is 22.9 Å². The van der Waals surface area contributed by atoms with Crippen LogP contribution in [-0.4, -0.2) is 119 Å². The second-order valence-corrected chi connectivity index (χ2v) is 20.4. The number of oxime groups is 1. The van der Waals surface area contributed by atoms with Gasteiger partial charge in [0.1, 0.15) is 47.7 Å². The average molecular weight is 1210 g/mol. The SMILES string of the molecule is CC(=O)Oc1cc(C(=O)ON=CC(=O)N[C@@H]2C(=O)N3C(C(=O)OC(c4ccccc4)c4ccccc4)=C(CSc4nnnn4CC(=O)OC(c4ccccc4)c4ccccc4)CS[C@@H]23)c(-c2coc(NC(=O)CCl)n2)c(OC(C)=O)c1OC(C)=O. The Bertz CT molecular complexity index is 3680. The van der Waals surface area contributed by atoms with Gasteiger partial charge in [0.2, 0.25) is 16.8 Å². The minimum Gasteiger partial charge on any atom is -0.451 e. The van der Waals surface area contributed by atoms with Crippen molar-refractivity contribution >= 4 is 101 Å². The largest absolute Gasteiger partial charge is 0.451 e.